The molecule has 1 saturated heterocycles. The number of benzene rings is 3. The fourth-order valence-corrected chi connectivity index (χ4v) is 6.29. The Hall–Kier alpha value is -2.82. The molecule has 212 valence electrons. The summed E-state index contributed by atoms with van der Waals surface area (Å²) in [4.78, 5) is 18.2. The number of piperidine rings is 1. The van der Waals surface area contributed by atoms with Gasteiger partial charge in [-0.15, -0.1) is 0 Å². The van der Waals surface area contributed by atoms with E-state index in [0.717, 1.165) is 69.7 Å². The number of rotatable bonds is 8. The predicted molar refractivity (Wildman–Crippen MR) is 162 cm³/mol. The number of carbonyl (C=O) groups is 1. The standard InChI is InChI=1S/C36H45FN2O/c1-36(2,3)33-8-4-6-29(22-33)25-38-20-17-27(18-21-38)11-16-35(40)31-13-12-30-7-5-19-39(26-32(30)23-31)24-28-9-14-34(37)15-10-28/h4,6,8-10,12-15,22-23,27H,5,7,11,16-21,24-26H2,1-3H3. The Morgan fingerprint density at radius 1 is 0.850 bits per heavy atom. The lowest BCUT2D eigenvalue weighted by Gasteiger charge is -2.32. The molecule has 3 aromatic rings. The van der Waals surface area contributed by atoms with Crippen LogP contribution >= 0.6 is 0 Å². The van der Waals surface area contributed by atoms with Gasteiger partial charge in [0.15, 0.2) is 5.78 Å². The van der Waals surface area contributed by atoms with Gasteiger partial charge in [0.25, 0.3) is 0 Å². The summed E-state index contributed by atoms with van der Waals surface area (Å²) in [5.74, 6) is 0.715. The van der Waals surface area contributed by atoms with Crippen molar-refractivity contribution in [3.05, 3.63) is 106 Å². The van der Waals surface area contributed by atoms with Gasteiger partial charge in [-0.2, -0.15) is 0 Å². The van der Waals surface area contributed by atoms with Crippen molar-refractivity contribution in [2.45, 2.75) is 84.3 Å². The van der Waals surface area contributed by atoms with Gasteiger partial charge in [-0.3, -0.25) is 14.6 Å². The van der Waals surface area contributed by atoms with E-state index in [2.05, 4.69) is 67.0 Å². The summed E-state index contributed by atoms with van der Waals surface area (Å²) < 4.78 is 13.3. The second-order valence-corrected chi connectivity index (χ2v) is 13.1. The molecule has 0 amide bonds. The van der Waals surface area contributed by atoms with E-state index in [0.29, 0.717) is 12.3 Å². The maximum absolute atomic E-state index is 13.3. The first-order chi connectivity index (χ1) is 19.2. The molecule has 0 radical (unpaired) electrons. The third-order valence-corrected chi connectivity index (χ3v) is 8.85. The van der Waals surface area contributed by atoms with Crippen molar-refractivity contribution >= 4 is 5.78 Å². The van der Waals surface area contributed by atoms with Crippen LogP contribution in [-0.2, 0) is 31.5 Å². The fraction of sp³-hybridized carbons (Fsp3) is 0.472. The molecule has 0 aromatic heterocycles. The Morgan fingerprint density at radius 3 is 2.35 bits per heavy atom. The van der Waals surface area contributed by atoms with Crippen LogP contribution in [0.15, 0.2) is 66.7 Å². The minimum absolute atomic E-state index is 0.177. The third kappa shape index (κ3) is 7.67. The van der Waals surface area contributed by atoms with Crippen LogP contribution in [0.2, 0.25) is 0 Å². The van der Waals surface area contributed by atoms with Crippen molar-refractivity contribution < 1.29 is 9.18 Å². The predicted octanol–water partition coefficient (Wildman–Crippen LogP) is 7.95. The maximum atomic E-state index is 13.3. The number of fused-ring (bicyclic) bond motifs is 1. The number of hydrogen-bond donors (Lipinski definition) is 0. The molecular weight excluding hydrogens is 495 g/mol. The summed E-state index contributed by atoms with van der Waals surface area (Å²) in [6, 6.07) is 22.2. The van der Waals surface area contributed by atoms with Crippen molar-refractivity contribution in [2.75, 3.05) is 19.6 Å². The normalized spacial score (nSPS) is 17.4. The van der Waals surface area contributed by atoms with E-state index < -0.39 is 0 Å². The van der Waals surface area contributed by atoms with Gasteiger partial charge in [0, 0.05) is 31.6 Å². The highest BCUT2D eigenvalue weighted by Crippen LogP contribution is 2.27. The highest BCUT2D eigenvalue weighted by molar-refractivity contribution is 5.96. The van der Waals surface area contributed by atoms with Crippen LogP contribution in [0, 0.1) is 11.7 Å². The Bertz CT molecular complexity index is 1280. The molecule has 40 heavy (non-hydrogen) atoms. The molecule has 0 unspecified atom stereocenters. The second-order valence-electron chi connectivity index (χ2n) is 13.1. The Morgan fingerprint density at radius 2 is 1.60 bits per heavy atom. The van der Waals surface area contributed by atoms with Crippen molar-refractivity contribution in [1.29, 1.82) is 0 Å². The molecule has 5 rings (SSSR count). The van der Waals surface area contributed by atoms with Crippen molar-refractivity contribution in [3.8, 4) is 0 Å². The average Bonchev–Trinajstić information content (AvgIpc) is 3.14. The molecule has 2 heterocycles. The zero-order chi connectivity index (χ0) is 28.1. The number of ketones is 1. The lowest BCUT2D eigenvalue weighted by atomic mass is 9.86. The van der Waals surface area contributed by atoms with Gasteiger partial charge in [-0.1, -0.05) is 69.3 Å². The zero-order valence-electron chi connectivity index (χ0n) is 24.6. The van der Waals surface area contributed by atoms with Crippen LogP contribution < -0.4 is 0 Å². The van der Waals surface area contributed by atoms with Crippen LogP contribution in [0.25, 0.3) is 0 Å². The van der Waals surface area contributed by atoms with Crippen LogP contribution in [0.5, 0.6) is 0 Å². The van der Waals surface area contributed by atoms with E-state index in [4.69, 9.17) is 0 Å². The Labute approximate surface area is 240 Å². The molecule has 0 bridgehead atoms. The molecule has 0 atom stereocenters. The quantitative estimate of drug-likeness (QED) is 0.271. The van der Waals surface area contributed by atoms with Gasteiger partial charge in [0.2, 0.25) is 0 Å². The number of hydrogen-bond acceptors (Lipinski definition) is 3. The maximum Gasteiger partial charge on any atom is 0.162 e. The molecule has 3 aromatic carbocycles. The van der Waals surface area contributed by atoms with Crippen LogP contribution in [0.1, 0.15) is 91.1 Å². The van der Waals surface area contributed by atoms with Gasteiger partial charge >= 0.3 is 0 Å². The monoisotopic (exact) mass is 540 g/mol. The smallest absolute Gasteiger partial charge is 0.162 e. The number of halogens is 1. The molecule has 2 aliphatic rings. The number of Topliss-reactive ketones (excluding diaryl/α,β-unsaturated/α-hetero) is 1. The van der Waals surface area contributed by atoms with Crippen LogP contribution in [0.3, 0.4) is 0 Å². The number of aryl methyl sites for hydroxylation is 1. The van der Waals surface area contributed by atoms with Gasteiger partial charge in [0.05, 0.1) is 0 Å². The molecule has 1 fully saturated rings. The van der Waals surface area contributed by atoms with Crippen molar-refractivity contribution in [1.82, 2.24) is 9.80 Å². The molecule has 3 nitrogen and oxygen atoms in total. The molecule has 0 N–H and O–H groups in total. The van der Waals surface area contributed by atoms with Crippen LogP contribution in [-0.4, -0.2) is 35.2 Å². The minimum atomic E-state index is -0.194. The molecule has 0 saturated carbocycles. The lowest BCUT2D eigenvalue weighted by Crippen LogP contribution is -2.33. The summed E-state index contributed by atoms with van der Waals surface area (Å²) in [7, 11) is 0. The largest absolute Gasteiger partial charge is 0.299 e. The fourth-order valence-electron chi connectivity index (χ4n) is 6.29. The number of likely N-dealkylation sites (tertiary alicyclic amines) is 1. The zero-order valence-corrected chi connectivity index (χ0v) is 24.6. The van der Waals surface area contributed by atoms with E-state index in [1.807, 2.05) is 18.2 Å². The number of carbonyl (C=O) groups excluding carboxylic acids is 1. The second kappa shape index (κ2) is 12.8. The summed E-state index contributed by atoms with van der Waals surface area (Å²) in [6.45, 7) is 12.7. The summed E-state index contributed by atoms with van der Waals surface area (Å²) in [5.41, 5.74) is 7.60. The van der Waals surface area contributed by atoms with E-state index in [1.54, 1.807) is 0 Å². The Kier molecular flexibility index (Phi) is 9.17. The molecular formula is C36H45FN2O. The minimum Gasteiger partial charge on any atom is -0.299 e. The highest BCUT2D eigenvalue weighted by Gasteiger charge is 2.22. The van der Waals surface area contributed by atoms with Gasteiger partial charge in [-0.05, 0) is 109 Å². The summed E-state index contributed by atoms with van der Waals surface area (Å²) >= 11 is 0. The lowest BCUT2D eigenvalue weighted by molar-refractivity contribution is 0.0961. The van der Waals surface area contributed by atoms with E-state index in [1.165, 1.54) is 47.2 Å². The summed E-state index contributed by atoms with van der Waals surface area (Å²) in [5, 5.41) is 0. The summed E-state index contributed by atoms with van der Waals surface area (Å²) in [6.07, 6.45) is 6.12. The topological polar surface area (TPSA) is 23.6 Å². The van der Waals surface area contributed by atoms with Gasteiger partial charge in [-0.25, -0.2) is 4.39 Å². The first-order valence-electron chi connectivity index (χ1n) is 15.2. The average molecular weight is 541 g/mol. The third-order valence-electron chi connectivity index (χ3n) is 8.85. The Balaban J connectivity index is 1.11. The van der Waals surface area contributed by atoms with E-state index >= 15 is 0 Å². The highest BCUT2D eigenvalue weighted by atomic mass is 19.1. The van der Waals surface area contributed by atoms with Crippen molar-refractivity contribution in [2.24, 2.45) is 5.92 Å². The molecule has 2 aliphatic heterocycles. The SMILES string of the molecule is CC(C)(C)c1cccc(CN2CCC(CCC(=O)c3ccc4c(c3)CN(Cc3ccc(F)cc3)CCC4)CC2)c1. The number of nitrogens with zero attached hydrogens (tertiary/aromatic N) is 2. The molecule has 0 spiro atoms. The first kappa shape index (κ1) is 28.7. The molecule has 4 heteroatoms. The first-order valence-corrected chi connectivity index (χ1v) is 15.2. The van der Waals surface area contributed by atoms with E-state index in [-0.39, 0.29) is 17.0 Å². The van der Waals surface area contributed by atoms with Crippen molar-refractivity contribution in [3.63, 3.8) is 0 Å². The van der Waals surface area contributed by atoms with Gasteiger partial charge < -0.3 is 0 Å². The molecule has 0 aliphatic carbocycles. The van der Waals surface area contributed by atoms with Gasteiger partial charge in [0.1, 0.15) is 5.82 Å². The van der Waals surface area contributed by atoms with E-state index in [9.17, 15) is 9.18 Å². The van der Waals surface area contributed by atoms with Crippen LogP contribution in [0.4, 0.5) is 4.39 Å².